The van der Waals surface area contributed by atoms with E-state index in [1.54, 1.807) is 6.07 Å². The van der Waals surface area contributed by atoms with Crippen molar-refractivity contribution in [1.82, 2.24) is 0 Å². The Morgan fingerprint density at radius 3 is 2.88 bits per heavy atom. The van der Waals surface area contributed by atoms with E-state index in [2.05, 4.69) is 29.6 Å². The number of anilines is 1. The fourth-order valence-electron chi connectivity index (χ4n) is 4.70. The molecule has 4 unspecified atom stereocenters. The van der Waals surface area contributed by atoms with Crippen molar-refractivity contribution in [2.75, 3.05) is 11.9 Å². The van der Waals surface area contributed by atoms with Crippen molar-refractivity contribution in [2.45, 2.75) is 44.6 Å². The van der Waals surface area contributed by atoms with Gasteiger partial charge in [-0.25, -0.2) is 0 Å². The molecule has 4 rings (SSSR count). The fraction of sp³-hybridized carbons (Fsp3) is 0.500. The van der Waals surface area contributed by atoms with Gasteiger partial charge in [0.1, 0.15) is 11.4 Å². The molecule has 0 aromatic heterocycles. The standard InChI is InChI=1S/C20H24N2O3/c1-2-25-14-11-17-15-9-6-10-16(15)19(13-7-4-3-5-8-13)21-20(17)18(12-14)22(23)24/h3-4,6,9,11-13,15-16,19,21H,2,5,7-8,10H2,1H3. The van der Waals surface area contributed by atoms with Crippen LogP contribution in [-0.4, -0.2) is 17.6 Å². The molecule has 5 nitrogen and oxygen atoms in total. The normalized spacial score (nSPS) is 29.6. The second kappa shape index (κ2) is 6.54. The summed E-state index contributed by atoms with van der Waals surface area (Å²) in [6.45, 7) is 2.40. The molecule has 1 aliphatic heterocycles. The summed E-state index contributed by atoms with van der Waals surface area (Å²) in [6, 6.07) is 3.84. The molecule has 1 N–H and O–H groups in total. The van der Waals surface area contributed by atoms with Crippen molar-refractivity contribution in [2.24, 2.45) is 11.8 Å². The molecule has 1 aromatic carbocycles. The first-order valence-electron chi connectivity index (χ1n) is 9.22. The van der Waals surface area contributed by atoms with Crippen molar-refractivity contribution in [1.29, 1.82) is 0 Å². The van der Waals surface area contributed by atoms with Gasteiger partial charge < -0.3 is 10.1 Å². The second-order valence-electron chi connectivity index (χ2n) is 7.16. The summed E-state index contributed by atoms with van der Waals surface area (Å²) in [5, 5.41) is 15.3. The van der Waals surface area contributed by atoms with Crippen LogP contribution >= 0.6 is 0 Å². The first-order chi connectivity index (χ1) is 12.2. The van der Waals surface area contributed by atoms with Crippen LogP contribution in [0.3, 0.4) is 0 Å². The molecule has 2 aliphatic carbocycles. The highest BCUT2D eigenvalue weighted by atomic mass is 16.6. The van der Waals surface area contributed by atoms with Crippen LogP contribution in [0.4, 0.5) is 11.4 Å². The summed E-state index contributed by atoms with van der Waals surface area (Å²) in [7, 11) is 0. The van der Waals surface area contributed by atoms with Gasteiger partial charge in [0.25, 0.3) is 5.69 Å². The number of rotatable bonds is 4. The molecule has 132 valence electrons. The van der Waals surface area contributed by atoms with E-state index >= 15 is 0 Å². The molecule has 0 saturated heterocycles. The molecule has 5 heteroatoms. The maximum atomic E-state index is 11.7. The average molecular weight is 340 g/mol. The summed E-state index contributed by atoms with van der Waals surface area (Å²) in [5.74, 6) is 1.84. The van der Waals surface area contributed by atoms with Gasteiger partial charge >= 0.3 is 0 Å². The smallest absolute Gasteiger partial charge is 0.296 e. The van der Waals surface area contributed by atoms with Crippen LogP contribution in [0.25, 0.3) is 0 Å². The number of allylic oxidation sites excluding steroid dienone is 4. The Morgan fingerprint density at radius 1 is 1.28 bits per heavy atom. The van der Waals surface area contributed by atoms with Crippen LogP contribution in [-0.2, 0) is 0 Å². The zero-order valence-corrected chi connectivity index (χ0v) is 14.5. The van der Waals surface area contributed by atoms with Gasteiger partial charge in [0.05, 0.1) is 17.6 Å². The van der Waals surface area contributed by atoms with Gasteiger partial charge in [-0.1, -0.05) is 24.3 Å². The molecule has 1 heterocycles. The number of nitro benzene ring substituents is 1. The minimum atomic E-state index is -0.287. The van der Waals surface area contributed by atoms with E-state index in [1.165, 1.54) is 0 Å². The molecule has 0 bridgehead atoms. The van der Waals surface area contributed by atoms with Crippen LogP contribution in [0.1, 0.15) is 44.1 Å². The Kier molecular flexibility index (Phi) is 4.24. The number of nitrogens with zero attached hydrogens (tertiary/aromatic N) is 1. The van der Waals surface area contributed by atoms with Gasteiger partial charge in [-0.15, -0.1) is 0 Å². The fourth-order valence-corrected chi connectivity index (χ4v) is 4.70. The van der Waals surface area contributed by atoms with E-state index in [9.17, 15) is 10.1 Å². The Balaban J connectivity index is 1.78. The molecule has 4 atom stereocenters. The highest BCUT2D eigenvalue weighted by Gasteiger charge is 2.43. The van der Waals surface area contributed by atoms with E-state index in [1.807, 2.05) is 13.0 Å². The summed E-state index contributed by atoms with van der Waals surface area (Å²) in [6.07, 6.45) is 13.3. The maximum absolute atomic E-state index is 11.7. The maximum Gasteiger partial charge on any atom is 0.296 e. The van der Waals surface area contributed by atoms with Crippen LogP contribution in [0, 0.1) is 22.0 Å². The molecule has 0 amide bonds. The highest BCUT2D eigenvalue weighted by molar-refractivity contribution is 5.72. The lowest BCUT2D eigenvalue weighted by molar-refractivity contribution is -0.384. The monoisotopic (exact) mass is 340 g/mol. The number of ether oxygens (including phenoxy) is 1. The lowest BCUT2D eigenvalue weighted by Gasteiger charge is -2.41. The predicted molar refractivity (Wildman–Crippen MR) is 98.1 cm³/mol. The highest BCUT2D eigenvalue weighted by Crippen LogP contribution is 2.51. The molecular formula is C20H24N2O3. The van der Waals surface area contributed by atoms with Gasteiger partial charge in [-0.05, 0) is 56.1 Å². The van der Waals surface area contributed by atoms with Crippen molar-refractivity contribution in [3.8, 4) is 5.75 Å². The first kappa shape index (κ1) is 16.2. The molecular weight excluding hydrogens is 316 g/mol. The molecule has 25 heavy (non-hydrogen) atoms. The zero-order chi connectivity index (χ0) is 17.4. The van der Waals surface area contributed by atoms with Crippen molar-refractivity contribution in [3.63, 3.8) is 0 Å². The van der Waals surface area contributed by atoms with E-state index in [0.717, 1.165) is 31.2 Å². The predicted octanol–water partition coefficient (Wildman–Crippen LogP) is 4.80. The molecule has 0 radical (unpaired) electrons. The number of hydrogen-bond donors (Lipinski definition) is 1. The summed E-state index contributed by atoms with van der Waals surface area (Å²) >= 11 is 0. The molecule has 3 aliphatic rings. The van der Waals surface area contributed by atoms with E-state index in [4.69, 9.17) is 4.74 Å². The Morgan fingerprint density at radius 2 is 2.16 bits per heavy atom. The van der Waals surface area contributed by atoms with Gasteiger partial charge in [-0.3, -0.25) is 10.1 Å². The molecule has 0 fully saturated rings. The SMILES string of the molecule is CCOc1cc2c(c([N+](=O)[O-])c1)NC(C1CC=CCC1)C1CC=CC21. The number of hydrogen-bond acceptors (Lipinski definition) is 4. The number of fused-ring (bicyclic) bond motifs is 3. The average Bonchev–Trinajstić information content (AvgIpc) is 3.11. The summed E-state index contributed by atoms with van der Waals surface area (Å²) in [5.41, 5.74) is 1.84. The summed E-state index contributed by atoms with van der Waals surface area (Å²) in [4.78, 5) is 11.4. The van der Waals surface area contributed by atoms with Gasteiger partial charge in [-0.2, -0.15) is 0 Å². The van der Waals surface area contributed by atoms with Crippen molar-refractivity contribution < 1.29 is 9.66 Å². The van der Waals surface area contributed by atoms with Gasteiger partial charge in [0.2, 0.25) is 0 Å². The third-order valence-electron chi connectivity index (χ3n) is 5.79. The lowest BCUT2D eigenvalue weighted by atomic mass is 9.72. The lowest BCUT2D eigenvalue weighted by Crippen LogP contribution is -2.42. The minimum Gasteiger partial charge on any atom is -0.494 e. The molecule has 1 aromatic rings. The van der Waals surface area contributed by atoms with E-state index < -0.39 is 0 Å². The third-order valence-corrected chi connectivity index (χ3v) is 5.79. The second-order valence-corrected chi connectivity index (χ2v) is 7.16. The van der Waals surface area contributed by atoms with Gasteiger partial charge in [0, 0.05) is 12.0 Å². The van der Waals surface area contributed by atoms with Gasteiger partial charge in [0.15, 0.2) is 0 Å². The van der Waals surface area contributed by atoms with Crippen LogP contribution in [0.15, 0.2) is 36.4 Å². The quantitative estimate of drug-likeness (QED) is 0.485. The Labute approximate surface area is 147 Å². The Hall–Kier alpha value is -2.30. The Bertz CT molecular complexity index is 741. The van der Waals surface area contributed by atoms with E-state index in [0.29, 0.717) is 29.9 Å². The first-order valence-corrected chi connectivity index (χ1v) is 9.22. The largest absolute Gasteiger partial charge is 0.494 e. The third kappa shape index (κ3) is 2.81. The van der Waals surface area contributed by atoms with Crippen molar-refractivity contribution >= 4 is 11.4 Å². The van der Waals surface area contributed by atoms with Crippen molar-refractivity contribution in [3.05, 3.63) is 52.1 Å². The topological polar surface area (TPSA) is 64.4 Å². The minimum absolute atomic E-state index is 0.135. The van der Waals surface area contributed by atoms with E-state index in [-0.39, 0.29) is 22.6 Å². The number of nitrogens with one attached hydrogen (secondary N) is 1. The molecule has 0 spiro atoms. The number of benzene rings is 1. The van der Waals surface area contributed by atoms with Crippen LogP contribution < -0.4 is 10.1 Å². The van der Waals surface area contributed by atoms with Crippen LogP contribution in [0.5, 0.6) is 5.75 Å². The summed E-state index contributed by atoms with van der Waals surface area (Å²) < 4.78 is 5.59. The van der Waals surface area contributed by atoms with Crippen LogP contribution in [0.2, 0.25) is 0 Å². The number of nitro groups is 1. The zero-order valence-electron chi connectivity index (χ0n) is 14.5. The molecule has 0 saturated carbocycles.